The highest BCUT2D eigenvalue weighted by Gasteiger charge is 2.37. The zero-order valence-electron chi connectivity index (χ0n) is 12.5. The van der Waals surface area contributed by atoms with Crippen LogP contribution in [0.4, 0.5) is 0 Å². The normalized spacial score (nSPS) is 32.1. The van der Waals surface area contributed by atoms with Crippen molar-refractivity contribution < 1.29 is 19.7 Å². The van der Waals surface area contributed by atoms with E-state index in [1.165, 1.54) is 0 Å². The van der Waals surface area contributed by atoms with Crippen molar-refractivity contribution in [2.45, 2.75) is 70.2 Å². The first-order chi connectivity index (χ1) is 9.30. The van der Waals surface area contributed by atoms with E-state index in [4.69, 9.17) is 9.84 Å². The van der Waals surface area contributed by atoms with Gasteiger partial charge >= 0.3 is 5.97 Å². The third-order valence-corrected chi connectivity index (χ3v) is 4.74. The topological polar surface area (TPSA) is 78.8 Å². The number of rotatable bonds is 5. The summed E-state index contributed by atoms with van der Waals surface area (Å²) in [6, 6.07) is 0. The maximum atomic E-state index is 10.8. The lowest BCUT2D eigenvalue weighted by Gasteiger charge is -2.40. The second kappa shape index (κ2) is 6.00. The molecule has 3 N–H and O–H groups in total. The molecule has 116 valence electrons. The molecule has 0 aromatic rings. The van der Waals surface area contributed by atoms with Gasteiger partial charge in [0, 0.05) is 13.1 Å². The summed E-state index contributed by atoms with van der Waals surface area (Å²) < 4.78 is 5.43. The van der Waals surface area contributed by atoms with Gasteiger partial charge in [0.1, 0.15) is 0 Å². The van der Waals surface area contributed by atoms with Gasteiger partial charge in [-0.2, -0.15) is 0 Å². The fraction of sp³-hybridized carbons (Fsp3) is 0.933. The Kier molecular flexibility index (Phi) is 4.72. The molecule has 0 radical (unpaired) electrons. The SMILES string of the molecule is CC1(C)CCC(O)(CNCC2CCC(C(=O)O)O2)CC1. The third-order valence-electron chi connectivity index (χ3n) is 4.74. The molecule has 2 rings (SSSR count). The smallest absolute Gasteiger partial charge is 0.332 e. The first-order valence-electron chi connectivity index (χ1n) is 7.61. The van der Waals surface area contributed by atoms with Crippen molar-refractivity contribution in [1.29, 1.82) is 0 Å². The lowest BCUT2D eigenvalue weighted by molar-refractivity contribution is -0.149. The van der Waals surface area contributed by atoms with E-state index in [1.54, 1.807) is 0 Å². The molecule has 2 fully saturated rings. The summed E-state index contributed by atoms with van der Waals surface area (Å²) in [4.78, 5) is 10.8. The first kappa shape index (κ1) is 15.7. The van der Waals surface area contributed by atoms with Gasteiger partial charge in [-0.3, -0.25) is 0 Å². The minimum absolute atomic E-state index is 0.0419. The largest absolute Gasteiger partial charge is 0.479 e. The number of carboxylic acids is 1. The number of aliphatic carboxylic acids is 1. The summed E-state index contributed by atoms with van der Waals surface area (Å²) in [6.07, 6.45) is 4.42. The first-order valence-corrected chi connectivity index (χ1v) is 7.61. The minimum atomic E-state index is -0.874. The number of aliphatic hydroxyl groups is 1. The van der Waals surface area contributed by atoms with Gasteiger partial charge in [-0.1, -0.05) is 13.8 Å². The van der Waals surface area contributed by atoms with E-state index in [1.807, 2.05) is 0 Å². The van der Waals surface area contributed by atoms with Gasteiger partial charge in [0.05, 0.1) is 11.7 Å². The van der Waals surface area contributed by atoms with Crippen molar-refractivity contribution in [2.24, 2.45) is 5.41 Å². The molecule has 1 heterocycles. The van der Waals surface area contributed by atoms with Crippen LogP contribution in [0.5, 0.6) is 0 Å². The van der Waals surface area contributed by atoms with E-state index < -0.39 is 17.7 Å². The highest BCUT2D eigenvalue weighted by atomic mass is 16.5. The van der Waals surface area contributed by atoms with Crippen LogP contribution >= 0.6 is 0 Å². The monoisotopic (exact) mass is 285 g/mol. The Morgan fingerprint density at radius 2 is 1.90 bits per heavy atom. The fourth-order valence-corrected chi connectivity index (χ4v) is 3.07. The van der Waals surface area contributed by atoms with Gasteiger partial charge in [0.15, 0.2) is 6.10 Å². The Labute approximate surface area is 120 Å². The van der Waals surface area contributed by atoms with E-state index >= 15 is 0 Å². The Morgan fingerprint density at radius 1 is 1.25 bits per heavy atom. The van der Waals surface area contributed by atoms with Crippen molar-refractivity contribution in [2.75, 3.05) is 13.1 Å². The standard InChI is InChI=1S/C15H27NO4/c1-14(2)5-7-15(19,8-6-14)10-16-9-11-3-4-12(20-11)13(17)18/h11-12,16,19H,3-10H2,1-2H3,(H,17,18). The fourth-order valence-electron chi connectivity index (χ4n) is 3.07. The highest BCUT2D eigenvalue weighted by molar-refractivity contribution is 5.72. The van der Waals surface area contributed by atoms with E-state index in [2.05, 4.69) is 19.2 Å². The predicted octanol–water partition coefficient (Wildman–Crippen LogP) is 1.54. The Hall–Kier alpha value is -0.650. The number of nitrogens with one attached hydrogen (secondary N) is 1. The van der Waals surface area contributed by atoms with E-state index in [9.17, 15) is 9.90 Å². The lowest BCUT2D eigenvalue weighted by Crippen LogP contribution is -2.46. The second-order valence-electron chi connectivity index (χ2n) is 7.18. The van der Waals surface area contributed by atoms with Crippen molar-refractivity contribution in [1.82, 2.24) is 5.32 Å². The van der Waals surface area contributed by atoms with Gasteiger partial charge in [-0.05, 0) is 43.9 Å². The summed E-state index contributed by atoms with van der Waals surface area (Å²) in [5.41, 5.74) is -0.268. The number of hydrogen-bond acceptors (Lipinski definition) is 4. The predicted molar refractivity (Wildman–Crippen MR) is 75.6 cm³/mol. The second-order valence-corrected chi connectivity index (χ2v) is 7.18. The molecule has 0 spiro atoms. The molecule has 0 aromatic heterocycles. The van der Waals surface area contributed by atoms with E-state index in [0.717, 1.165) is 32.1 Å². The molecule has 2 atom stereocenters. The van der Waals surface area contributed by atoms with Gasteiger partial charge in [0.25, 0.3) is 0 Å². The van der Waals surface area contributed by atoms with Crippen molar-refractivity contribution in [3.8, 4) is 0 Å². The van der Waals surface area contributed by atoms with Crippen LogP contribution in [0.1, 0.15) is 52.4 Å². The summed E-state index contributed by atoms with van der Waals surface area (Å²) in [7, 11) is 0. The molecule has 1 aliphatic carbocycles. The Balaban J connectivity index is 1.68. The summed E-state index contributed by atoms with van der Waals surface area (Å²) in [5.74, 6) is -0.874. The van der Waals surface area contributed by atoms with Gasteiger partial charge in [-0.25, -0.2) is 4.79 Å². The van der Waals surface area contributed by atoms with Crippen molar-refractivity contribution in [3.05, 3.63) is 0 Å². The average Bonchev–Trinajstić information content (AvgIpc) is 2.83. The number of hydrogen-bond donors (Lipinski definition) is 3. The molecule has 1 saturated carbocycles. The Bertz CT molecular complexity index is 346. The number of carbonyl (C=O) groups is 1. The molecule has 0 amide bonds. The quantitative estimate of drug-likeness (QED) is 0.714. The highest BCUT2D eigenvalue weighted by Crippen LogP contribution is 2.39. The van der Waals surface area contributed by atoms with Gasteiger partial charge < -0.3 is 20.3 Å². The minimum Gasteiger partial charge on any atom is -0.479 e. The van der Waals surface area contributed by atoms with E-state index in [-0.39, 0.29) is 6.10 Å². The van der Waals surface area contributed by atoms with Gasteiger partial charge in [-0.15, -0.1) is 0 Å². The van der Waals surface area contributed by atoms with Crippen molar-refractivity contribution >= 4 is 5.97 Å². The van der Waals surface area contributed by atoms with Crippen LogP contribution in [0, 0.1) is 5.41 Å². The summed E-state index contributed by atoms with van der Waals surface area (Å²) >= 11 is 0. The molecular weight excluding hydrogens is 258 g/mol. The van der Waals surface area contributed by atoms with E-state index in [0.29, 0.717) is 24.9 Å². The van der Waals surface area contributed by atoms with Crippen LogP contribution in [-0.4, -0.2) is 47.1 Å². The summed E-state index contributed by atoms with van der Waals surface area (Å²) in [5, 5.41) is 22.6. The molecule has 1 aliphatic heterocycles. The number of carboxylic acid groups (broad SMARTS) is 1. The van der Waals surface area contributed by atoms with Crippen LogP contribution in [0.25, 0.3) is 0 Å². The Morgan fingerprint density at radius 3 is 2.45 bits per heavy atom. The number of ether oxygens (including phenoxy) is 1. The molecule has 5 nitrogen and oxygen atoms in total. The molecule has 0 aromatic carbocycles. The molecule has 0 bridgehead atoms. The van der Waals surface area contributed by atoms with Crippen LogP contribution < -0.4 is 5.32 Å². The molecule has 2 aliphatic rings. The van der Waals surface area contributed by atoms with Crippen LogP contribution in [0.3, 0.4) is 0 Å². The van der Waals surface area contributed by atoms with Gasteiger partial charge in [0.2, 0.25) is 0 Å². The van der Waals surface area contributed by atoms with Crippen LogP contribution in [-0.2, 0) is 9.53 Å². The maximum Gasteiger partial charge on any atom is 0.332 e. The lowest BCUT2D eigenvalue weighted by atomic mass is 9.71. The molecular formula is C15H27NO4. The van der Waals surface area contributed by atoms with Crippen LogP contribution in [0.2, 0.25) is 0 Å². The third kappa shape index (κ3) is 4.17. The van der Waals surface area contributed by atoms with Crippen molar-refractivity contribution in [3.63, 3.8) is 0 Å². The molecule has 20 heavy (non-hydrogen) atoms. The zero-order chi connectivity index (χ0) is 14.8. The molecule has 2 unspecified atom stereocenters. The maximum absolute atomic E-state index is 10.8. The summed E-state index contributed by atoms with van der Waals surface area (Å²) in [6.45, 7) is 5.69. The zero-order valence-corrected chi connectivity index (χ0v) is 12.5. The average molecular weight is 285 g/mol. The molecule has 5 heteroatoms. The van der Waals surface area contributed by atoms with Crippen LogP contribution in [0.15, 0.2) is 0 Å². The molecule has 1 saturated heterocycles.